The van der Waals surface area contributed by atoms with Crippen LogP contribution in [0.5, 0.6) is 0 Å². The average molecular weight is 357 g/mol. The number of anilines is 1. The molecule has 1 aliphatic heterocycles. The van der Waals surface area contributed by atoms with E-state index in [0.717, 1.165) is 62.9 Å². The first-order valence-corrected chi connectivity index (χ1v) is 10.3. The van der Waals surface area contributed by atoms with Crippen molar-refractivity contribution in [1.82, 2.24) is 4.90 Å². The van der Waals surface area contributed by atoms with E-state index in [0.29, 0.717) is 12.5 Å². The van der Waals surface area contributed by atoms with E-state index in [9.17, 15) is 9.59 Å². The van der Waals surface area contributed by atoms with Gasteiger partial charge in [0.25, 0.3) is 0 Å². The lowest BCUT2D eigenvalue weighted by atomic mass is 9.88. The van der Waals surface area contributed by atoms with Crippen LogP contribution in [0.3, 0.4) is 0 Å². The zero-order valence-corrected chi connectivity index (χ0v) is 16.1. The van der Waals surface area contributed by atoms with Gasteiger partial charge in [0.15, 0.2) is 0 Å². The van der Waals surface area contributed by atoms with Crippen molar-refractivity contribution >= 4 is 17.5 Å². The number of nitrogens with zero attached hydrogens (tertiary/aromatic N) is 2. The van der Waals surface area contributed by atoms with Gasteiger partial charge < -0.3 is 9.80 Å². The summed E-state index contributed by atoms with van der Waals surface area (Å²) in [6, 6.07) is 8.10. The summed E-state index contributed by atoms with van der Waals surface area (Å²) in [7, 11) is 0. The topological polar surface area (TPSA) is 40.6 Å². The molecule has 3 rings (SSSR count). The number of carbonyl (C=O) groups excluding carboxylic acids is 2. The van der Waals surface area contributed by atoms with E-state index in [-0.39, 0.29) is 11.8 Å². The minimum absolute atomic E-state index is 0.0850. The molecular weight excluding hydrogens is 324 g/mol. The summed E-state index contributed by atoms with van der Waals surface area (Å²) in [6.45, 7) is 3.86. The van der Waals surface area contributed by atoms with Gasteiger partial charge in [-0.1, -0.05) is 50.3 Å². The lowest BCUT2D eigenvalue weighted by molar-refractivity contribution is -0.137. The molecule has 1 fully saturated rings. The first-order chi connectivity index (χ1) is 12.7. The maximum Gasteiger partial charge on any atom is 0.225 e. The lowest BCUT2D eigenvalue weighted by Gasteiger charge is -2.31. The summed E-state index contributed by atoms with van der Waals surface area (Å²) in [5.41, 5.74) is 2.07. The van der Waals surface area contributed by atoms with Crippen molar-refractivity contribution in [3.8, 4) is 0 Å². The van der Waals surface area contributed by atoms with Crippen LogP contribution < -0.4 is 4.90 Å². The number of hydrogen-bond acceptors (Lipinski definition) is 2. The maximum atomic E-state index is 13.2. The van der Waals surface area contributed by atoms with E-state index in [4.69, 9.17) is 0 Å². The van der Waals surface area contributed by atoms with E-state index in [1.165, 1.54) is 19.3 Å². The molecule has 26 heavy (non-hydrogen) atoms. The molecule has 142 valence electrons. The Balaban J connectivity index is 1.86. The van der Waals surface area contributed by atoms with E-state index in [1.54, 1.807) is 6.92 Å². The average Bonchev–Trinajstić information content (AvgIpc) is 2.70. The summed E-state index contributed by atoms with van der Waals surface area (Å²) in [5.74, 6) is 0.611. The Morgan fingerprint density at radius 2 is 1.54 bits per heavy atom. The molecule has 0 aromatic heterocycles. The largest absolute Gasteiger partial charge is 0.338 e. The lowest BCUT2D eigenvalue weighted by Crippen LogP contribution is -2.38. The van der Waals surface area contributed by atoms with Crippen LogP contribution in [-0.2, 0) is 16.1 Å². The fourth-order valence-electron chi connectivity index (χ4n) is 4.36. The summed E-state index contributed by atoms with van der Waals surface area (Å²) < 4.78 is 0. The van der Waals surface area contributed by atoms with Crippen molar-refractivity contribution in [2.24, 2.45) is 5.92 Å². The molecule has 1 aromatic carbocycles. The molecule has 0 spiro atoms. The first-order valence-electron chi connectivity index (χ1n) is 10.3. The molecule has 0 radical (unpaired) electrons. The Kier molecular flexibility index (Phi) is 6.70. The molecule has 0 N–H and O–H groups in total. The fraction of sp³-hybridized carbons (Fsp3) is 0.636. The zero-order valence-electron chi connectivity index (χ0n) is 16.1. The number of fused-ring (bicyclic) bond motifs is 1. The van der Waals surface area contributed by atoms with Crippen LogP contribution >= 0.6 is 0 Å². The number of para-hydroxylation sites is 1. The van der Waals surface area contributed by atoms with Crippen LogP contribution in [0.4, 0.5) is 5.69 Å². The second kappa shape index (κ2) is 9.20. The molecule has 1 aliphatic carbocycles. The molecule has 1 saturated carbocycles. The van der Waals surface area contributed by atoms with E-state index >= 15 is 0 Å². The molecule has 1 heterocycles. The molecule has 0 saturated heterocycles. The molecule has 0 bridgehead atoms. The third kappa shape index (κ3) is 4.66. The van der Waals surface area contributed by atoms with Crippen molar-refractivity contribution in [3.05, 3.63) is 29.8 Å². The highest BCUT2D eigenvalue weighted by atomic mass is 16.2. The molecule has 1 aromatic rings. The van der Waals surface area contributed by atoms with Crippen LogP contribution in [0.2, 0.25) is 0 Å². The van der Waals surface area contributed by atoms with E-state index < -0.39 is 0 Å². The second-order valence-electron chi connectivity index (χ2n) is 7.81. The smallest absolute Gasteiger partial charge is 0.225 e. The Hall–Kier alpha value is -1.84. The minimum atomic E-state index is 0.0850. The number of hydrogen-bond donors (Lipinski definition) is 0. The van der Waals surface area contributed by atoms with Gasteiger partial charge in [0.2, 0.25) is 11.8 Å². The fourth-order valence-corrected chi connectivity index (χ4v) is 4.36. The predicted molar refractivity (Wildman–Crippen MR) is 105 cm³/mol. The number of benzene rings is 1. The molecular formula is C22H32N2O2. The van der Waals surface area contributed by atoms with E-state index in [1.807, 2.05) is 23.1 Å². The van der Waals surface area contributed by atoms with Gasteiger partial charge in [-0.15, -0.1) is 0 Å². The van der Waals surface area contributed by atoms with Crippen molar-refractivity contribution in [2.75, 3.05) is 18.0 Å². The quantitative estimate of drug-likeness (QED) is 0.742. The van der Waals surface area contributed by atoms with Crippen molar-refractivity contribution in [2.45, 2.75) is 71.3 Å². The summed E-state index contributed by atoms with van der Waals surface area (Å²) in [5, 5.41) is 0. The summed E-state index contributed by atoms with van der Waals surface area (Å²) in [4.78, 5) is 29.4. The monoisotopic (exact) mass is 356 g/mol. The van der Waals surface area contributed by atoms with Crippen LogP contribution in [0.15, 0.2) is 24.3 Å². The van der Waals surface area contributed by atoms with Gasteiger partial charge in [-0.3, -0.25) is 9.59 Å². The molecule has 4 heteroatoms. The molecule has 4 nitrogen and oxygen atoms in total. The van der Waals surface area contributed by atoms with Gasteiger partial charge in [-0.25, -0.2) is 0 Å². The number of amides is 2. The van der Waals surface area contributed by atoms with Gasteiger partial charge >= 0.3 is 0 Å². The van der Waals surface area contributed by atoms with Gasteiger partial charge in [0.1, 0.15) is 0 Å². The van der Waals surface area contributed by atoms with Crippen LogP contribution in [0, 0.1) is 5.92 Å². The number of rotatable bonds is 1. The van der Waals surface area contributed by atoms with Gasteiger partial charge in [0, 0.05) is 38.2 Å². The van der Waals surface area contributed by atoms with Crippen molar-refractivity contribution in [3.63, 3.8) is 0 Å². The summed E-state index contributed by atoms with van der Waals surface area (Å²) >= 11 is 0. The van der Waals surface area contributed by atoms with Gasteiger partial charge in [-0.2, -0.15) is 0 Å². The Morgan fingerprint density at radius 1 is 0.885 bits per heavy atom. The normalized spacial score (nSPS) is 20.2. The van der Waals surface area contributed by atoms with Gasteiger partial charge in [-0.05, 0) is 37.3 Å². The third-order valence-corrected chi connectivity index (χ3v) is 5.85. The number of carbonyl (C=O) groups is 2. The highest BCUT2D eigenvalue weighted by Crippen LogP contribution is 2.29. The predicted octanol–water partition coefficient (Wildman–Crippen LogP) is 4.52. The molecule has 2 amide bonds. The third-order valence-electron chi connectivity index (χ3n) is 5.85. The standard InChI is InChI=1S/C22H32N2O2/c1-18(25)24-16-10-3-2-9-15-23(17-20-13-7-8-14-21(20)24)22(26)19-11-5-4-6-12-19/h7-8,13-14,19H,2-6,9-12,15-17H2,1H3. The SMILES string of the molecule is CC(=O)N1CCCCCCN(C(=O)C2CCCCC2)Cc2ccccc21. The second-order valence-corrected chi connectivity index (χ2v) is 7.81. The highest BCUT2D eigenvalue weighted by molar-refractivity contribution is 5.92. The minimum Gasteiger partial charge on any atom is -0.338 e. The Bertz CT molecular complexity index is 622. The van der Waals surface area contributed by atoms with E-state index in [2.05, 4.69) is 11.0 Å². The van der Waals surface area contributed by atoms with Crippen molar-refractivity contribution in [1.29, 1.82) is 0 Å². The zero-order chi connectivity index (χ0) is 18.4. The van der Waals surface area contributed by atoms with Crippen LogP contribution in [0.1, 0.15) is 70.3 Å². The molecule has 0 unspecified atom stereocenters. The maximum absolute atomic E-state index is 13.2. The molecule has 2 aliphatic rings. The van der Waals surface area contributed by atoms with Crippen LogP contribution in [-0.4, -0.2) is 29.8 Å². The molecule has 0 atom stereocenters. The van der Waals surface area contributed by atoms with Crippen LogP contribution in [0.25, 0.3) is 0 Å². The Labute approximate surface area is 157 Å². The highest BCUT2D eigenvalue weighted by Gasteiger charge is 2.27. The van der Waals surface area contributed by atoms with Gasteiger partial charge in [0.05, 0.1) is 0 Å². The van der Waals surface area contributed by atoms with Crippen molar-refractivity contribution < 1.29 is 9.59 Å². The summed E-state index contributed by atoms with van der Waals surface area (Å²) in [6.07, 6.45) is 10.0. The first kappa shape index (κ1) is 18.9. The Morgan fingerprint density at radius 3 is 2.27 bits per heavy atom.